The Morgan fingerprint density at radius 1 is 1.15 bits per heavy atom. The first-order valence-electron chi connectivity index (χ1n) is 8.73. The van der Waals surface area contributed by atoms with Crippen molar-refractivity contribution in [2.24, 2.45) is 0 Å². The number of hydrogen-bond donors (Lipinski definition) is 2. The van der Waals surface area contributed by atoms with Crippen molar-refractivity contribution in [1.29, 1.82) is 0 Å². The van der Waals surface area contributed by atoms with Crippen molar-refractivity contribution < 1.29 is 9.59 Å². The molecule has 3 heterocycles. The average Bonchev–Trinajstić information content (AvgIpc) is 2.67. The van der Waals surface area contributed by atoms with Crippen LogP contribution in [0.15, 0.2) is 36.7 Å². The zero-order valence-electron chi connectivity index (χ0n) is 15.0. The number of nitrogens with one attached hydrogen (secondary N) is 2. The van der Waals surface area contributed by atoms with Gasteiger partial charge in [-0.3, -0.25) is 9.59 Å². The molecule has 2 aromatic heterocycles. The number of hydrogen-bond acceptors (Lipinski definition) is 5. The van der Waals surface area contributed by atoms with Gasteiger partial charge in [-0.15, -0.1) is 0 Å². The van der Waals surface area contributed by atoms with Gasteiger partial charge in [0.25, 0.3) is 5.91 Å². The number of amides is 2. The summed E-state index contributed by atoms with van der Waals surface area (Å²) in [5.41, 5.74) is 1.73. The van der Waals surface area contributed by atoms with Crippen molar-refractivity contribution in [3.8, 4) is 0 Å². The van der Waals surface area contributed by atoms with Gasteiger partial charge in [0, 0.05) is 50.9 Å². The Balaban J connectivity index is 1.74. The summed E-state index contributed by atoms with van der Waals surface area (Å²) < 4.78 is 0. The normalized spacial score (nSPS) is 16.8. The molecule has 0 aliphatic carbocycles. The second kappa shape index (κ2) is 7.95. The van der Waals surface area contributed by atoms with Crippen molar-refractivity contribution >= 4 is 23.5 Å². The first kappa shape index (κ1) is 17.8. The average molecular weight is 353 g/mol. The largest absolute Gasteiger partial charge is 0.373 e. The lowest BCUT2D eigenvalue weighted by Crippen LogP contribution is -2.39. The van der Waals surface area contributed by atoms with Crippen LogP contribution in [0.5, 0.6) is 0 Å². The molecule has 1 atom stereocenters. The first-order valence-corrected chi connectivity index (χ1v) is 8.73. The van der Waals surface area contributed by atoms with E-state index in [2.05, 4.69) is 20.6 Å². The zero-order chi connectivity index (χ0) is 18.5. The summed E-state index contributed by atoms with van der Waals surface area (Å²) in [7, 11) is 1.85. The topological polar surface area (TPSA) is 87.2 Å². The van der Waals surface area contributed by atoms with Crippen LogP contribution in [-0.4, -0.2) is 46.8 Å². The van der Waals surface area contributed by atoms with Crippen LogP contribution in [0.2, 0.25) is 0 Å². The molecule has 26 heavy (non-hydrogen) atoms. The molecule has 2 aromatic rings. The standard InChI is InChI=1S/C19H23N5O2/c1-13(25)23-18-11-15(6-8-22-18)19(26)24-9-3-4-16(12-24)14-5-7-21-17(10-14)20-2/h5-8,10-11,16H,3-4,9,12H2,1-2H3,(H,20,21)(H,22,23,25). The summed E-state index contributed by atoms with van der Waals surface area (Å²) in [6.45, 7) is 2.82. The number of carbonyl (C=O) groups is 2. The highest BCUT2D eigenvalue weighted by Gasteiger charge is 2.26. The Labute approximate surface area is 152 Å². The van der Waals surface area contributed by atoms with Crippen LogP contribution in [0.1, 0.15) is 41.6 Å². The molecular formula is C19H23N5O2. The molecule has 3 rings (SSSR count). The second-order valence-corrected chi connectivity index (χ2v) is 6.43. The summed E-state index contributed by atoms with van der Waals surface area (Å²) in [6.07, 6.45) is 5.34. The van der Waals surface area contributed by atoms with E-state index in [0.29, 0.717) is 23.8 Å². The minimum absolute atomic E-state index is 0.0356. The van der Waals surface area contributed by atoms with E-state index in [1.54, 1.807) is 24.5 Å². The highest BCUT2D eigenvalue weighted by Crippen LogP contribution is 2.28. The Bertz CT molecular complexity index is 808. The van der Waals surface area contributed by atoms with Crippen molar-refractivity contribution in [1.82, 2.24) is 14.9 Å². The van der Waals surface area contributed by atoms with Gasteiger partial charge in [-0.25, -0.2) is 9.97 Å². The molecule has 1 aliphatic heterocycles. The minimum Gasteiger partial charge on any atom is -0.373 e. The number of piperidine rings is 1. The van der Waals surface area contributed by atoms with Gasteiger partial charge in [0.05, 0.1) is 0 Å². The molecule has 2 N–H and O–H groups in total. The van der Waals surface area contributed by atoms with Gasteiger partial charge in [-0.2, -0.15) is 0 Å². The molecular weight excluding hydrogens is 330 g/mol. The second-order valence-electron chi connectivity index (χ2n) is 6.43. The lowest BCUT2D eigenvalue weighted by molar-refractivity contribution is -0.114. The van der Waals surface area contributed by atoms with Crippen molar-refractivity contribution in [2.75, 3.05) is 30.8 Å². The van der Waals surface area contributed by atoms with E-state index >= 15 is 0 Å². The molecule has 0 saturated carbocycles. The molecule has 2 amide bonds. The minimum atomic E-state index is -0.210. The first-order chi connectivity index (χ1) is 12.6. The Morgan fingerprint density at radius 3 is 2.69 bits per heavy atom. The van der Waals surface area contributed by atoms with E-state index < -0.39 is 0 Å². The fourth-order valence-corrected chi connectivity index (χ4v) is 3.27. The smallest absolute Gasteiger partial charge is 0.254 e. The number of aromatic nitrogens is 2. The lowest BCUT2D eigenvalue weighted by Gasteiger charge is -2.33. The van der Waals surface area contributed by atoms with Crippen molar-refractivity contribution in [3.05, 3.63) is 47.8 Å². The highest BCUT2D eigenvalue weighted by molar-refractivity contribution is 5.96. The summed E-state index contributed by atoms with van der Waals surface area (Å²) in [6, 6.07) is 7.36. The van der Waals surface area contributed by atoms with Crippen LogP contribution in [-0.2, 0) is 4.79 Å². The molecule has 0 bridgehead atoms. The maximum Gasteiger partial charge on any atom is 0.254 e. The number of rotatable bonds is 4. The fourth-order valence-electron chi connectivity index (χ4n) is 3.27. The number of anilines is 2. The Hall–Kier alpha value is -2.96. The van der Waals surface area contributed by atoms with Gasteiger partial charge in [-0.05, 0) is 42.7 Å². The molecule has 1 fully saturated rings. The van der Waals surface area contributed by atoms with Crippen LogP contribution in [0.4, 0.5) is 11.6 Å². The van der Waals surface area contributed by atoms with Crippen molar-refractivity contribution in [3.63, 3.8) is 0 Å². The summed E-state index contributed by atoms with van der Waals surface area (Å²) in [5.74, 6) is 1.27. The molecule has 7 heteroatoms. The third-order valence-electron chi connectivity index (χ3n) is 4.53. The highest BCUT2D eigenvalue weighted by atomic mass is 16.2. The Kier molecular flexibility index (Phi) is 5.46. The van der Waals surface area contributed by atoms with Crippen LogP contribution in [0, 0.1) is 0 Å². The van der Waals surface area contributed by atoms with E-state index in [4.69, 9.17) is 0 Å². The Morgan fingerprint density at radius 2 is 1.92 bits per heavy atom. The van der Waals surface area contributed by atoms with Crippen LogP contribution >= 0.6 is 0 Å². The quantitative estimate of drug-likeness (QED) is 0.882. The monoisotopic (exact) mass is 353 g/mol. The van der Waals surface area contributed by atoms with Gasteiger partial charge in [0.15, 0.2) is 0 Å². The molecule has 0 spiro atoms. The van der Waals surface area contributed by atoms with E-state index in [-0.39, 0.29) is 11.8 Å². The molecule has 136 valence electrons. The number of nitrogens with zero attached hydrogens (tertiary/aromatic N) is 3. The van der Waals surface area contributed by atoms with E-state index in [0.717, 1.165) is 25.2 Å². The van der Waals surface area contributed by atoms with E-state index in [1.165, 1.54) is 12.5 Å². The third kappa shape index (κ3) is 4.17. The van der Waals surface area contributed by atoms with Crippen molar-refractivity contribution in [2.45, 2.75) is 25.7 Å². The number of likely N-dealkylation sites (tertiary alicyclic amines) is 1. The lowest BCUT2D eigenvalue weighted by atomic mass is 9.91. The summed E-state index contributed by atoms with van der Waals surface area (Å²) in [4.78, 5) is 34.3. The molecule has 1 aliphatic rings. The van der Waals surface area contributed by atoms with Gasteiger partial charge in [-0.1, -0.05) is 0 Å². The zero-order valence-corrected chi connectivity index (χ0v) is 15.0. The third-order valence-corrected chi connectivity index (χ3v) is 4.53. The predicted octanol–water partition coefficient (Wildman–Crippen LogP) is 2.50. The molecule has 1 saturated heterocycles. The van der Waals surface area contributed by atoms with Crippen LogP contribution in [0.25, 0.3) is 0 Å². The summed E-state index contributed by atoms with van der Waals surface area (Å²) in [5, 5.41) is 5.67. The van der Waals surface area contributed by atoms with Gasteiger partial charge < -0.3 is 15.5 Å². The van der Waals surface area contributed by atoms with Gasteiger partial charge >= 0.3 is 0 Å². The van der Waals surface area contributed by atoms with E-state index in [1.807, 2.05) is 24.1 Å². The number of carbonyl (C=O) groups excluding carboxylic acids is 2. The molecule has 7 nitrogen and oxygen atoms in total. The SMILES string of the molecule is CNc1cc(C2CCCN(C(=O)c3ccnc(NC(C)=O)c3)C2)ccn1. The molecule has 0 radical (unpaired) electrons. The van der Waals surface area contributed by atoms with Gasteiger partial charge in [0.2, 0.25) is 5.91 Å². The molecule has 0 aromatic carbocycles. The maximum atomic E-state index is 12.9. The molecule has 1 unspecified atom stereocenters. The maximum absolute atomic E-state index is 12.9. The van der Waals surface area contributed by atoms with Crippen LogP contribution < -0.4 is 10.6 Å². The van der Waals surface area contributed by atoms with Crippen LogP contribution in [0.3, 0.4) is 0 Å². The predicted molar refractivity (Wildman–Crippen MR) is 100 cm³/mol. The fraction of sp³-hybridized carbons (Fsp3) is 0.368. The van der Waals surface area contributed by atoms with E-state index in [9.17, 15) is 9.59 Å². The number of pyridine rings is 2. The summed E-state index contributed by atoms with van der Waals surface area (Å²) >= 11 is 0. The van der Waals surface area contributed by atoms with Gasteiger partial charge in [0.1, 0.15) is 11.6 Å².